The van der Waals surface area contributed by atoms with Gasteiger partial charge in [-0.05, 0) is 73.0 Å². The number of rotatable bonds is 21. The molecule has 2 atom stereocenters. The molecule has 6 N–H and O–H groups in total. The number of anilines is 1. The SMILES string of the molecule is BC(=O)OCc1ccc(NC(=O)[C@H](CCCNC(N)=O)NC(=O)[C@@H](NC(=O)CCCCCOC(CC(C)(C)C)CC(C)(C)C)C(C)C)cc1. The van der Waals surface area contributed by atoms with Gasteiger partial charge in [-0.25, -0.2) is 4.79 Å². The molecule has 0 aliphatic rings. The average molecular weight is 688 g/mol. The van der Waals surface area contributed by atoms with E-state index in [2.05, 4.69) is 62.8 Å². The van der Waals surface area contributed by atoms with E-state index in [-0.39, 0.29) is 54.8 Å². The van der Waals surface area contributed by atoms with Crippen molar-refractivity contribution in [1.29, 1.82) is 0 Å². The first kappa shape index (κ1) is 43.4. The maximum Gasteiger partial charge on any atom is 0.312 e. The summed E-state index contributed by atoms with van der Waals surface area (Å²) in [7, 11) is 1.33. The second-order valence-corrected chi connectivity index (χ2v) is 15.6. The first-order valence-electron chi connectivity index (χ1n) is 17.5. The molecule has 0 saturated heterocycles. The van der Waals surface area contributed by atoms with E-state index in [9.17, 15) is 24.0 Å². The van der Waals surface area contributed by atoms with Crippen molar-refractivity contribution in [2.45, 2.75) is 132 Å². The molecule has 0 heterocycles. The maximum atomic E-state index is 13.4. The van der Waals surface area contributed by atoms with Gasteiger partial charge < -0.3 is 36.5 Å². The van der Waals surface area contributed by atoms with Crippen LogP contribution >= 0.6 is 0 Å². The number of urea groups is 1. The van der Waals surface area contributed by atoms with E-state index < -0.39 is 35.8 Å². The predicted octanol–water partition coefficient (Wildman–Crippen LogP) is 4.79. The summed E-state index contributed by atoms with van der Waals surface area (Å²) in [5.41, 5.74) is 6.76. The minimum Gasteiger partial charge on any atom is -0.469 e. The standard InChI is InChI=1S/C36H62BN5O7/c1-24(2)30(42-29(43)14-10-9-11-20-48-27(21-35(3,4)5)22-36(6,7)8)32(45)41-28(13-12-19-39-34(38)47)31(44)40-26-17-15-25(16-18-26)23-49-33(37)46/h15-18,24,27-28,30H,9-14,19-23,37H2,1-8H3,(H,40,44)(H,41,45)(H,42,43)(H3,38,39,47)/t28-,30-/m0/s1. The summed E-state index contributed by atoms with van der Waals surface area (Å²) in [6.07, 6.45) is 5.39. The Labute approximate surface area is 294 Å². The normalized spacial score (nSPS) is 13.0. The van der Waals surface area contributed by atoms with E-state index in [4.69, 9.17) is 15.2 Å². The van der Waals surface area contributed by atoms with Crippen molar-refractivity contribution in [2.75, 3.05) is 18.5 Å². The zero-order chi connectivity index (χ0) is 37.2. The van der Waals surface area contributed by atoms with Gasteiger partial charge >= 0.3 is 6.03 Å². The summed E-state index contributed by atoms with van der Waals surface area (Å²) in [6.45, 7) is 18.0. The van der Waals surface area contributed by atoms with Crippen molar-refractivity contribution >= 4 is 43.2 Å². The number of ether oxygens (including phenoxy) is 2. The number of amides is 5. The fraction of sp³-hybridized carbons (Fsp3) is 0.694. The van der Waals surface area contributed by atoms with Gasteiger partial charge in [-0.3, -0.25) is 19.2 Å². The third-order valence-corrected chi connectivity index (χ3v) is 7.61. The van der Waals surface area contributed by atoms with Gasteiger partial charge in [-0.15, -0.1) is 0 Å². The lowest BCUT2D eigenvalue weighted by atomic mass is 9.82. The lowest BCUT2D eigenvalue weighted by molar-refractivity contribution is -0.132. The van der Waals surface area contributed by atoms with Crippen LogP contribution in [0.4, 0.5) is 15.3 Å². The quantitative estimate of drug-likeness (QED) is 0.0912. The van der Waals surface area contributed by atoms with Gasteiger partial charge in [-0.2, -0.15) is 0 Å². The molecule has 1 aromatic rings. The molecule has 49 heavy (non-hydrogen) atoms. The molecule has 0 unspecified atom stereocenters. The Morgan fingerprint density at radius 3 is 1.98 bits per heavy atom. The van der Waals surface area contributed by atoms with Crippen molar-refractivity contribution in [1.82, 2.24) is 16.0 Å². The van der Waals surface area contributed by atoms with Gasteiger partial charge in [0.15, 0.2) is 0 Å². The van der Waals surface area contributed by atoms with Gasteiger partial charge in [0.05, 0.1) is 6.10 Å². The molecular weight excluding hydrogens is 625 g/mol. The Bertz CT molecular complexity index is 1180. The van der Waals surface area contributed by atoms with Crippen LogP contribution in [0.25, 0.3) is 0 Å². The number of primary amides is 1. The molecule has 0 saturated carbocycles. The van der Waals surface area contributed by atoms with Crippen molar-refractivity contribution in [3.8, 4) is 0 Å². The van der Waals surface area contributed by atoms with Crippen LogP contribution in [0.3, 0.4) is 0 Å². The van der Waals surface area contributed by atoms with E-state index in [0.717, 1.165) is 31.2 Å². The van der Waals surface area contributed by atoms with Crippen LogP contribution in [-0.4, -0.2) is 68.8 Å². The highest BCUT2D eigenvalue weighted by Crippen LogP contribution is 2.30. The summed E-state index contributed by atoms with van der Waals surface area (Å²) in [6, 6.07) is 4.31. The molecule has 0 fully saturated rings. The van der Waals surface area contributed by atoms with Crippen LogP contribution in [-0.2, 0) is 30.5 Å². The zero-order valence-electron chi connectivity index (χ0n) is 31.3. The van der Waals surface area contributed by atoms with Crippen molar-refractivity contribution in [3.05, 3.63) is 29.8 Å². The second-order valence-electron chi connectivity index (χ2n) is 15.6. The summed E-state index contributed by atoms with van der Waals surface area (Å²) >= 11 is 0. The fourth-order valence-corrected chi connectivity index (χ4v) is 5.30. The van der Waals surface area contributed by atoms with E-state index in [0.29, 0.717) is 25.1 Å². The van der Waals surface area contributed by atoms with E-state index in [1.54, 1.807) is 24.3 Å². The number of nitrogens with two attached hydrogens (primary N) is 1. The average Bonchev–Trinajstić information content (AvgIpc) is 2.96. The number of hydrogen-bond acceptors (Lipinski definition) is 7. The van der Waals surface area contributed by atoms with E-state index >= 15 is 0 Å². The van der Waals surface area contributed by atoms with Crippen LogP contribution in [0, 0.1) is 16.7 Å². The predicted molar refractivity (Wildman–Crippen MR) is 196 cm³/mol. The second kappa shape index (κ2) is 21.5. The highest BCUT2D eigenvalue weighted by molar-refractivity contribution is 6.55. The lowest BCUT2D eigenvalue weighted by Crippen LogP contribution is -2.54. The summed E-state index contributed by atoms with van der Waals surface area (Å²) < 4.78 is 11.3. The molecule has 0 aliphatic heterocycles. The topological polar surface area (TPSA) is 178 Å². The number of carbonyl (C=O) groups excluding carboxylic acids is 5. The highest BCUT2D eigenvalue weighted by atomic mass is 16.5. The number of nitrogens with one attached hydrogen (secondary N) is 4. The lowest BCUT2D eigenvalue weighted by Gasteiger charge is -2.31. The minimum atomic E-state index is -0.943. The fourth-order valence-electron chi connectivity index (χ4n) is 5.30. The van der Waals surface area contributed by atoms with Crippen LogP contribution in [0.2, 0.25) is 0 Å². The van der Waals surface area contributed by atoms with Gasteiger partial charge in [-0.1, -0.05) is 73.9 Å². The number of unbranched alkanes of at least 4 members (excludes halogenated alkanes) is 2. The molecule has 1 aromatic carbocycles. The zero-order valence-corrected chi connectivity index (χ0v) is 31.3. The third-order valence-electron chi connectivity index (χ3n) is 7.61. The molecule has 0 bridgehead atoms. The summed E-state index contributed by atoms with van der Waals surface area (Å²) in [5, 5.41) is 10.9. The first-order valence-corrected chi connectivity index (χ1v) is 17.5. The maximum absolute atomic E-state index is 13.4. The largest absolute Gasteiger partial charge is 0.469 e. The van der Waals surface area contributed by atoms with E-state index in [1.807, 2.05) is 13.8 Å². The Hall–Kier alpha value is -3.61. The Kier molecular flexibility index (Phi) is 19.0. The summed E-state index contributed by atoms with van der Waals surface area (Å²) in [4.78, 5) is 61.8. The van der Waals surface area contributed by atoms with Crippen molar-refractivity contribution in [3.63, 3.8) is 0 Å². The molecule has 0 spiro atoms. The van der Waals surface area contributed by atoms with Gasteiger partial charge in [0.2, 0.25) is 31.4 Å². The van der Waals surface area contributed by atoms with Crippen LogP contribution < -0.4 is 27.0 Å². The Morgan fingerprint density at radius 1 is 0.837 bits per heavy atom. The molecule has 276 valence electrons. The smallest absolute Gasteiger partial charge is 0.312 e. The Morgan fingerprint density at radius 2 is 1.45 bits per heavy atom. The van der Waals surface area contributed by atoms with Gasteiger partial charge in [0.1, 0.15) is 18.7 Å². The third kappa shape index (κ3) is 21.2. The van der Waals surface area contributed by atoms with Gasteiger partial charge in [0.25, 0.3) is 0 Å². The molecule has 12 nitrogen and oxygen atoms in total. The highest BCUT2D eigenvalue weighted by Gasteiger charge is 2.29. The molecule has 1 rings (SSSR count). The molecule has 0 aromatic heterocycles. The van der Waals surface area contributed by atoms with Crippen LogP contribution in [0.5, 0.6) is 0 Å². The number of benzene rings is 1. The Balaban J connectivity index is 2.73. The molecule has 0 radical (unpaired) electrons. The number of hydrogen-bond donors (Lipinski definition) is 5. The monoisotopic (exact) mass is 687 g/mol. The van der Waals surface area contributed by atoms with Crippen molar-refractivity contribution in [2.24, 2.45) is 22.5 Å². The minimum absolute atomic E-state index is 0.113. The van der Waals surface area contributed by atoms with E-state index in [1.165, 1.54) is 7.85 Å². The van der Waals surface area contributed by atoms with Crippen LogP contribution in [0.1, 0.15) is 112 Å². The first-order chi connectivity index (χ1) is 22.8. The van der Waals surface area contributed by atoms with Crippen LogP contribution in [0.15, 0.2) is 24.3 Å². The molecule has 0 aliphatic carbocycles. The van der Waals surface area contributed by atoms with Gasteiger partial charge in [0, 0.05) is 25.3 Å². The molecule has 5 amide bonds. The molecule has 13 heteroatoms. The number of carbonyl (C=O) groups is 5. The van der Waals surface area contributed by atoms with Crippen molar-refractivity contribution < 1.29 is 33.4 Å². The molecular formula is C36H62BN5O7. The summed E-state index contributed by atoms with van der Waals surface area (Å²) in [5.74, 6) is -1.78.